The molecular weight excluding hydrogens is 286 g/mol. The smallest absolute Gasteiger partial charge is 0.128 e. The van der Waals surface area contributed by atoms with Gasteiger partial charge in [-0.2, -0.15) is 0 Å². The van der Waals surface area contributed by atoms with E-state index in [0.29, 0.717) is 6.04 Å². The van der Waals surface area contributed by atoms with Gasteiger partial charge >= 0.3 is 0 Å². The van der Waals surface area contributed by atoms with Crippen molar-refractivity contribution in [1.29, 1.82) is 0 Å². The summed E-state index contributed by atoms with van der Waals surface area (Å²) < 4.78 is 2.03. The predicted octanol–water partition coefficient (Wildman–Crippen LogP) is 3.18. The van der Waals surface area contributed by atoms with Crippen LogP contribution in [0.2, 0.25) is 0 Å². The quantitative estimate of drug-likeness (QED) is 0.745. The molecular formula is C18H19N5. The largest absolute Gasteiger partial charge is 0.356 e. The summed E-state index contributed by atoms with van der Waals surface area (Å²) in [5.41, 5.74) is 2.06. The summed E-state index contributed by atoms with van der Waals surface area (Å²) in [5.74, 6) is 1.06. The molecule has 0 radical (unpaired) electrons. The first-order chi connectivity index (χ1) is 11.4. The highest BCUT2D eigenvalue weighted by atomic mass is 15.4. The van der Waals surface area contributed by atoms with Crippen molar-refractivity contribution in [2.24, 2.45) is 0 Å². The molecule has 116 valence electrons. The van der Waals surface area contributed by atoms with Gasteiger partial charge in [-0.15, -0.1) is 5.10 Å². The van der Waals surface area contributed by atoms with Crippen molar-refractivity contribution in [3.63, 3.8) is 0 Å². The monoisotopic (exact) mass is 305 g/mol. The van der Waals surface area contributed by atoms with Gasteiger partial charge in [0, 0.05) is 24.8 Å². The molecule has 1 fully saturated rings. The third-order valence-electron chi connectivity index (χ3n) is 4.39. The molecule has 0 aliphatic carbocycles. The highest BCUT2D eigenvalue weighted by Gasteiger charge is 2.22. The average Bonchev–Trinajstić information content (AvgIpc) is 3.14. The van der Waals surface area contributed by atoms with E-state index in [-0.39, 0.29) is 0 Å². The maximum atomic E-state index is 4.44. The minimum Gasteiger partial charge on any atom is -0.356 e. The van der Waals surface area contributed by atoms with E-state index in [1.54, 1.807) is 0 Å². The Balaban J connectivity index is 1.44. The Hall–Kier alpha value is -2.69. The number of aromatic nitrogens is 4. The molecule has 0 spiro atoms. The molecule has 0 saturated carbocycles. The van der Waals surface area contributed by atoms with Crippen molar-refractivity contribution in [3.05, 3.63) is 60.9 Å². The fourth-order valence-corrected chi connectivity index (χ4v) is 3.10. The van der Waals surface area contributed by atoms with Crippen LogP contribution in [0.25, 0.3) is 11.3 Å². The zero-order valence-corrected chi connectivity index (χ0v) is 12.9. The molecule has 5 heteroatoms. The first kappa shape index (κ1) is 13.9. The molecule has 1 aliphatic rings. The van der Waals surface area contributed by atoms with E-state index >= 15 is 0 Å². The highest BCUT2D eigenvalue weighted by molar-refractivity contribution is 5.57. The van der Waals surface area contributed by atoms with Gasteiger partial charge in [-0.1, -0.05) is 41.6 Å². The molecule has 0 bridgehead atoms. The van der Waals surface area contributed by atoms with Gasteiger partial charge in [0.2, 0.25) is 0 Å². The number of pyridine rings is 1. The molecule has 2 aromatic heterocycles. The summed E-state index contributed by atoms with van der Waals surface area (Å²) >= 11 is 0. The maximum absolute atomic E-state index is 4.44. The molecule has 23 heavy (non-hydrogen) atoms. The van der Waals surface area contributed by atoms with Crippen LogP contribution in [0.15, 0.2) is 60.9 Å². The molecule has 3 aromatic rings. The van der Waals surface area contributed by atoms with Gasteiger partial charge in [0.15, 0.2) is 0 Å². The number of hydrogen-bond donors (Lipinski definition) is 0. The number of rotatable bonds is 3. The Morgan fingerprint density at radius 3 is 2.43 bits per heavy atom. The molecule has 4 rings (SSSR count). The van der Waals surface area contributed by atoms with E-state index < -0.39 is 0 Å². The molecule has 1 aromatic carbocycles. The van der Waals surface area contributed by atoms with Gasteiger partial charge in [-0.25, -0.2) is 9.67 Å². The van der Waals surface area contributed by atoms with Crippen LogP contribution in [0.4, 0.5) is 5.82 Å². The number of nitrogens with zero attached hydrogens (tertiary/aromatic N) is 5. The zero-order valence-electron chi connectivity index (χ0n) is 12.9. The third kappa shape index (κ3) is 2.95. The van der Waals surface area contributed by atoms with Gasteiger partial charge in [-0.3, -0.25) is 0 Å². The molecule has 1 aliphatic heterocycles. The van der Waals surface area contributed by atoms with Crippen LogP contribution in [0, 0.1) is 0 Å². The lowest BCUT2D eigenvalue weighted by atomic mass is 10.1. The SMILES string of the molecule is c1ccc(-c2cn(C3CCN(c4ccccn4)CC3)nn2)cc1. The van der Waals surface area contributed by atoms with Crippen LogP contribution in [0.1, 0.15) is 18.9 Å². The number of benzene rings is 1. The van der Waals surface area contributed by atoms with Crippen molar-refractivity contribution in [3.8, 4) is 11.3 Å². The summed E-state index contributed by atoms with van der Waals surface area (Å²) in [7, 11) is 0. The van der Waals surface area contributed by atoms with Crippen molar-refractivity contribution >= 4 is 5.82 Å². The summed E-state index contributed by atoms with van der Waals surface area (Å²) in [6.45, 7) is 2.00. The van der Waals surface area contributed by atoms with E-state index in [0.717, 1.165) is 43.0 Å². The van der Waals surface area contributed by atoms with Crippen molar-refractivity contribution in [2.45, 2.75) is 18.9 Å². The molecule has 3 heterocycles. The summed E-state index contributed by atoms with van der Waals surface area (Å²) in [6.07, 6.45) is 6.05. The fourth-order valence-electron chi connectivity index (χ4n) is 3.10. The van der Waals surface area contributed by atoms with Crippen LogP contribution in [0.3, 0.4) is 0 Å². The first-order valence-electron chi connectivity index (χ1n) is 8.03. The van der Waals surface area contributed by atoms with E-state index in [1.807, 2.05) is 41.2 Å². The maximum Gasteiger partial charge on any atom is 0.128 e. The summed E-state index contributed by atoms with van der Waals surface area (Å²) in [6, 6.07) is 16.7. The van der Waals surface area contributed by atoms with E-state index in [1.165, 1.54) is 0 Å². The average molecular weight is 305 g/mol. The van der Waals surface area contributed by atoms with Crippen LogP contribution in [-0.4, -0.2) is 33.1 Å². The second-order valence-corrected chi connectivity index (χ2v) is 5.86. The Morgan fingerprint density at radius 2 is 1.70 bits per heavy atom. The number of piperidine rings is 1. The molecule has 1 saturated heterocycles. The molecule has 5 nitrogen and oxygen atoms in total. The second kappa shape index (κ2) is 6.20. The fraction of sp³-hybridized carbons (Fsp3) is 0.278. The molecule has 0 N–H and O–H groups in total. The minimum atomic E-state index is 0.417. The lowest BCUT2D eigenvalue weighted by Crippen LogP contribution is -2.35. The normalized spacial score (nSPS) is 15.7. The summed E-state index contributed by atoms with van der Waals surface area (Å²) in [4.78, 5) is 6.77. The van der Waals surface area contributed by atoms with Crippen LogP contribution in [0.5, 0.6) is 0 Å². The Morgan fingerprint density at radius 1 is 0.913 bits per heavy atom. The summed E-state index contributed by atoms with van der Waals surface area (Å²) in [5, 5.41) is 8.67. The van der Waals surface area contributed by atoms with Crippen LogP contribution >= 0.6 is 0 Å². The van der Waals surface area contributed by atoms with Gasteiger partial charge in [0.1, 0.15) is 11.5 Å². The third-order valence-corrected chi connectivity index (χ3v) is 4.39. The Labute approximate surface area is 135 Å². The van der Waals surface area contributed by atoms with E-state index in [2.05, 4.69) is 44.6 Å². The van der Waals surface area contributed by atoms with Gasteiger partial charge in [-0.05, 0) is 25.0 Å². The predicted molar refractivity (Wildman–Crippen MR) is 90.2 cm³/mol. The standard InChI is InChI=1S/C18H19N5/c1-2-6-15(7-3-1)17-14-23(21-20-17)16-9-12-22(13-10-16)18-8-4-5-11-19-18/h1-8,11,14,16H,9-10,12-13H2. The molecule has 0 unspecified atom stereocenters. The highest BCUT2D eigenvalue weighted by Crippen LogP contribution is 2.26. The zero-order chi connectivity index (χ0) is 15.5. The van der Waals surface area contributed by atoms with Gasteiger partial charge in [0.25, 0.3) is 0 Å². The lowest BCUT2D eigenvalue weighted by molar-refractivity contribution is 0.359. The number of hydrogen-bond acceptors (Lipinski definition) is 4. The Kier molecular flexibility index (Phi) is 3.76. The van der Waals surface area contributed by atoms with Gasteiger partial charge < -0.3 is 4.90 Å². The van der Waals surface area contributed by atoms with E-state index in [4.69, 9.17) is 0 Å². The lowest BCUT2D eigenvalue weighted by Gasteiger charge is -2.32. The number of anilines is 1. The van der Waals surface area contributed by atoms with Crippen LogP contribution in [-0.2, 0) is 0 Å². The van der Waals surface area contributed by atoms with Crippen molar-refractivity contribution < 1.29 is 0 Å². The second-order valence-electron chi connectivity index (χ2n) is 5.86. The van der Waals surface area contributed by atoms with Crippen LogP contribution < -0.4 is 4.90 Å². The Bertz CT molecular complexity index is 745. The van der Waals surface area contributed by atoms with Crippen molar-refractivity contribution in [1.82, 2.24) is 20.0 Å². The first-order valence-corrected chi connectivity index (χ1v) is 8.03. The minimum absolute atomic E-state index is 0.417. The topological polar surface area (TPSA) is 46.8 Å². The van der Waals surface area contributed by atoms with Gasteiger partial charge in [0.05, 0.1) is 12.2 Å². The van der Waals surface area contributed by atoms with Crippen molar-refractivity contribution in [2.75, 3.05) is 18.0 Å². The molecule has 0 atom stereocenters. The molecule has 0 amide bonds. The van der Waals surface area contributed by atoms with E-state index in [9.17, 15) is 0 Å².